The van der Waals surface area contributed by atoms with Crippen LogP contribution in [-0.2, 0) is 7.05 Å². The SMILES string of the molecule is Cc1c(=O)n(C)cc2c(=O)[nH]c(=O)[nH]c12. The third-order valence-corrected chi connectivity index (χ3v) is 2.32. The number of pyridine rings is 1. The summed E-state index contributed by atoms with van der Waals surface area (Å²) >= 11 is 0. The van der Waals surface area contributed by atoms with Crippen molar-refractivity contribution < 1.29 is 0 Å². The Kier molecular flexibility index (Phi) is 1.85. The van der Waals surface area contributed by atoms with E-state index in [1.807, 2.05) is 0 Å². The van der Waals surface area contributed by atoms with Crippen LogP contribution >= 0.6 is 0 Å². The fourth-order valence-corrected chi connectivity index (χ4v) is 1.54. The van der Waals surface area contributed by atoms with E-state index >= 15 is 0 Å². The van der Waals surface area contributed by atoms with Gasteiger partial charge in [0.05, 0.1) is 10.9 Å². The largest absolute Gasteiger partial charge is 0.326 e. The van der Waals surface area contributed by atoms with Gasteiger partial charge in [0.1, 0.15) is 0 Å². The first-order chi connectivity index (χ1) is 7.00. The molecule has 0 unspecified atom stereocenters. The molecule has 6 nitrogen and oxygen atoms in total. The lowest BCUT2D eigenvalue weighted by Crippen LogP contribution is -2.27. The Hall–Kier alpha value is -2.11. The van der Waals surface area contributed by atoms with Crippen LogP contribution in [0.4, 0.5) is 0 Å². The van der Waals surface area contributed by atoms with E-state index in [0.717, 1.165) is 0 Å². The van der Waals surface area contributed by atoms with Gasteiger partial charge in [-0.2, -0.15) is 0 Å². The van der Waals surface area contributed by atoms with Gasteiger partial charge in [-0.15, -0.1) is 0 Å². The molecular formula is C9H9N3O3. The zero-order valence-corrected chi connectivity index (χ0v) is 8.25. The van der Waals surface area contributed by atoms with Crippen molar-refractivity contribution in [3.05, 3.63) is 43.0 Å². The quantitative estimate of drug-likeness (QED) is 0.594. The van der Waals surface area contributed by atoms with Crippen molar-refractivity contribution in [3.8, 4) is 0 Å². The summed E-state index contributed by atoms with van der Waals surface area (Å²) in [4.78, 5) is 38.5. The van der Waals surface area contributed by atoms with E-state index in [-0.39, 0.29) is 5.56 Å². The molecule has 2 N–H and O–H groups in total. The Bertz CT molecular complexity index is 705. The Balaban J connectivity index is 3.20. The Morgan fingerprint density at radius 2 is 1.87 bits per heavy atom. The number of aromatic amines is 2. The van der Waals surface area contributed by atoms with E-state index in [1.54, 1.807) is 14.0 Å². The summed E-state index contributed by atoms with van der Waals surface area (Å²) in [7, 11) is 1.55. The first kappa shape index (κ1) is 9.45. The van der Waals surface area contributed by atoms with E-state index < -0.39 is 11.2 Å². The van der Waals surface area contributed by atoms with Crippen molar-refractivity contribution >= 4 is 10.9 Å². The van der Waals surface area contributed by atoms with Crippen molar-refractivity contribution in [2.24, 2.45) is 7.05 Å². The molecule has 0 aliphatic rings. The second-order valence-electron chi connectivity index (χ2n) is 3.37. The number of nitrogens with one attached hydrogen (secondary N) is 2. The van der Waals surface area contributed by atoms with Crippen LogP contribution in [0.15, 0.2) is 20.6 Å². The number of aromatic nitrogens is 3. The minimum atomic E-state index is -0.608. The average molecular weight is 207 g/mol. The first-order valence-corrected chi connectivity index (χ1v) is 4.33. The molecule has 0 spiro atoms. The second kappa shape index (κ2) is 2.94. The standard InChI is InChI=1S/C9H9N3O3/c1-4-6-5(3-12(2)8(4)14)7(13)11-9(15)10-6/h3H,1-2H3,(H2,10,11,13,15). The van der Waals surface area contributed by atoms with Crippen LogP contribution in [0.2, 0.25) is 0 Å². The molecule has 2 aromatic heterocycles. The van der Waals surface area contributed by atoms with Crippen molar-refractivity contribution in [1.29, 1.82) is 0 Å². The minimum Gasteiger partial charge on any atom is -0.317 e. The van der Waals surface area contributed by atoms with Crippen LogP contribution in [0.1, 0.15) is 5.56 Å². The fraction of sp³-hybridized carbons (Fsp3) is 0.222. The number of aryl methyl sites for hydroxylation is 2. The molecule has 2 aromatic rings. The summed E-state index contributed by atoms with van der Waals surface area (Å²) in [6.45, 7) is 1.57. The van der Waals surface area contributed by atoms with Gasteiger partial charge in [-0.3, -0.25) is 14.6 Å². The third kappa shape index (κ3) is 1.30. The van der Waals surface area contributed by atoms with Gasteiger partial charge in [-0.1, -0.05) is 0 Å². The predicted molar refractivity (Wildman–Crippen MR) is 55.2 cm³/mol. The number of hydrogen-bond donors (Lipinski definition) is 2. The van der Waals surface area contributed by atoms with Crippen molar-refractivity contribution in [2.75, 3.05) is 0 Å². The lowest BCUT2D eigenvalue weighted by atomic mass is 10.2. The summed E-state index contributed by atoms with van der Waals surface area (Å²) in [6.07, 6.45) is 1.40. The van der Waals surface area contributed by atoms with Crippen LogP contribution < -0.4 is 16.8 Å². The number of hydrogen-bond acceptors (Lipinski definition) is 3. The molecule has 6 heteroatoms. The maximum absolute atomic E-state index is 11.5. The smallest absolute Gasteiger partial charge is 0.317 e. The second-order valence-corrected chi connectivity index (χ2v) is 3.37. The van der Waals surface area contributed by atoms with Gasteiger partial charge in [-0.05, 0) is 6.92 Å². The van der Waals surface area contributed by atoms with Crippen LogP contribution in [0.3, 0.4) is 0 Å². The van der Waals surface area contributed by atoms with E-state index in [9.17, 15) is 14.4 Å². The average Bonchev–Trinajstić information content (AvgIpc) is 2.17. The molecular weight excluding hydrogens is 198 g/mol. The first-order valence-electron chi connectivity index (χ1n) is 4.33. The molecule has 0 fully saturated rings. The lowest BCUT2D eigenvalue weighted by molar-refractivity contribution is 0.854. The van der Waals surface area contributed by atoms with Gasteiger partial charge in [0.2, 0.25) is 0 Å². The Morgan fingerprint density at radius 1 is 1.20 bits per heavy atom. The highest BCUT2D eigenvalue weighted by atomic mass is 16.2. The summed E-state index contributed by atoms with van der Waals surface area (Å²) in [5.41, 5.74) is -0.676. The third-order valence-electron chi connectivity index (χ3n) is 2.32. The minimum absolute atomic E-state index is 0.233. The lowest BCUT2D eigenvalue weighted by Gasteiger charge is -2.03. The molecule has 0 amide bonds. The summed E-state index contributed by atoms with van der Waals surface area (Å²) in [5, 5.41) is 0.300. The Labute approximate surface area is 83.2 Å². The zero-order chi connectivity index (χ0) is 11.2. The monoisotopic (exact) mass is 207 g/mol. The van der Waals surface area contributed by atoms with E-state index in [0.29, 0.717) is 16.5 Å². The van der Waals surface area contributed by atoms with Gasteiger partial charge in [0, 0.05) is 18.8 Å². The molecule has 2 rings (SSSR count). The summed E-state index contributed by atoms with van der Waals surface area (Å²) in [6, 6.07) is 0. The molecule has 0 bridgehead atoms. The van der Waals surface area contributed by atoms with Crippen LogP contribution in [0, 0.1) is 6.92 Å². The summed E-state index contributed by atoms with van der Waals surface area (Å²) in [5.74, 6) is 0. The van der Waals surface area contributed by atoms with E-state index in [4.69, 9.17) is 0 Å². The van der Waals surface area contributed by atoms with Gasteiger partial charge in [-0.25, -0.2) is 4.79 Å². The molecule has 0 aromatic carbocycles. The van der Waals surface area contributed by atoms with Crippen molar-refractivity contribution in [1.82, 2.24) is 14.5 Å². The molecule has 0 aliphatic heterocycles. The highest BCUT2D eigenvalue weighted by Gasteiger charge is 2.07. The van der Waals surface area contributed by atoms with E-state index in [2.05, 4.69) is 9.97 Å². The number of fused-ring (bicyclic) bond motifs is 1. The zero-order valence-electron chi connectivity index (χ0n) is 8.25. The molecule has 2 heterocycles. The van der Waals surface area contributed by atoms with Gasteiger partial charge in [0.25, 0.3) is 11.1 Å². The molecule has 0 radical (unpaired) electrons. The number of nitrogens with zero attached hydrogens (tertiary/aromatic N) is 1. The topological polar surface area (TPSA) is 87.7 Å². The summed E-state index contributed by atoms with van der Waals surface area (Å²) < 4.78 is 1.31. The predicted octanol–water partition coefficient (Wildman–Crippen LogP) is -0.776. The molecule has 78 valence electrons. The van der Waals surface area contributed by atoms with Crippen LogP contribution in [0.5, 0.6) is 0 Å². The van der Waals surface area contributed by atoms with Crippen molar-refractivity contribution in [3.63, 3.8) is 0 Å². The highest BCUT2D eigenvalue weighted by molar-refractivity contribution is 5.79. The van der Waals surface area contributed by atoms with Gasteiger partial charge >= 0.3 is 5.69 Å². The molecule has 0 atom stereocenters. The number of H-pyrrole nitrogens is 2. The highest BCUT2D eigenvalue weighted by Crippen LogP contribution is 2.04. The molecule has 15 heavy (non-hydrogen) atoms. The molecule has 0 aliphatic carbocycles. The van der Waals surface area contributed by atoms with Crippen LogP contribution in [-0.4, -0.2) is 14.5 Å². The van der Waals surface area contributed by atoms with Gasteiger partial charge in [0.15, 0.2) is 0 Å². The van der Waals surface area contributed by atoms with Crippen molar-refractivity contribution in [2.45, 2.75) is 6.92 Å². The Morgan fingerprint density at radius 3 is 2.53 bits per heavy atom. The maximum Gasteiger partial charge on any atom is 0.326 e. The van der Waals surface area contributed by atoms with Crippen LogP contribution in [0.25, 0.3) is 10.9 Å². The number of rotatable bonds is 0. The van der Waals surface area contributed by atoms with Gasteiger partial charge < -0.3 is 9.55 Å². The fourth-order valence-electron chi connectivity index (χ4n) is 1.54. The normalized spacial score (nSPS) is 10.8. The maximum atomic E-state index is 11.5. The molecule has 0 saturated heterocycles. The van der Waals surface area contributed by atoms with E-state index in [1.165, 1.54) is 10.8 Å². The molecule has 0 saturated carbocycles.